The van der Waals surface area contributed by atoms with Crippen LogP contribution in [0.4, 0.5) is 0 Å². The lowest BCUT2D eigenvalue weighted by atomic mass is 9.73. The van der Waals surface area contributed by atoms with Crippen LogP contribution < -0.4 is 0 Å². The molecule has 128 valence electrons. The highest BCUT2D eigenvalue weighted by molar-refractivity contribution is 5.72. The Kier molecular flexibility index (Phi) is 6.15. The van der Waals surface area contributed by atoms with Crippen molar-refractivity contribution in [3.8, 4) is 0 Å². The van der Waals surface area contributed by atoms with E-state index in [0.717, 1.165) is 39.0 Å². The molecular weight excluding hydrogens is 298 g/mol. The third-order valence-corrected chi connectivity index (χ3v) is 4.67. The van der Waals surface area contributed by atoms with Crippen LogP contribution in [0, 0.1) is 5.41 Å². The molecule has 2 rings (SSSR count). The number of piperidine rings is 1. The molecule has 2 N–H and O–H groups in total. The van der Waals surface area contributed by atoms with Gasteiger partial charge in [0.05, 0.1) is 19.2 Å². The molecule has 1 aromatic rings. The molecule has 0 spiro atoms. The van der Waals surface area contributed by atoms with E-state index in [9.17, 15) is 9.59 Å². The number of aliphatic carboxylic acids is 2. The quantitative estimate of drug-likeness (QED) is 0.672. The Morgan fingerprint density at radius 1 is 1.04 bits per heavy atom. The summed E-state index contributed by atoms with van der Waals surface area (Å²) in [5.74, 6) is -1.81. The number of aryl methyl sites for hydroxylation is 1. The third-order valence-electron chi connectivity index (χ3n) is 4.67. The van der Waals surface area contributed by atoms with Crippen LogP contribution in [0.5, 0.6) is 0 Å². The number of carboxylic acids is 2. The normalized spacial score (nSPS) is 17.9. The van der Waals surface area contributed by atoms with Gasteiger partial charge < -0.3 is 19.7 Å². The zero-order valence-corrected chi connectivity index (χ0v) is 13.4. The summed E-state index contributed by atoms with van der Waals surface area (Å²) < 4.78 is 2.06. The summed E-state index contributed by atoms with van der Waals surface area (Å²) in [6, 6.07) is 0. The molecule has 7 nitrogen and oxygen atoms in total. The van der Waals surface area contributed by atoms with Gasteiger partial charge in [-0.2, -0.15) is 0 Å². The van der Waals surface area contributed by atoms with Crippen molar-refractivity contribution in [2.24, 2.45) is 5.41 Å². The van der Waals surface area contributed by atoms with Crippen LogP contribution >= 0.6 is 0 Å². The molecule has 23 heavy (non-hydrogen) atoms. The molecule has 1 aliphatic rings. The van der Waals surface area contributed by atoms with Crippen molar-refractivity contribution in [1.82, 2.24) is 14.5 Å². The molecule has 1 aliphatic heterocycles. The van der Waals surface area contributed by atoms with Gasteiger partial charge in [0.1, 0.15) is 0 Å². The van der Waals surface area contributed by atoms with Crippen LogP contribution in [0.25, 0.3) is 0 Å². The highest BCUT2D eigenvalue weighted by Gasteiger charge is 2.38. The van der Waals surface area contributed by atoms with Crippen molar-refractivity contribution in [2.75, 3.05) is 19.6 Å². The average Bonchev–Trinajstić information content (AvgIpc) is 2.97. The van der Waals surface area contributed by atoms with E-state index in [2.05, 4.69) is 14.5 Å². The molecule has 0 bridgehead atoms. The Balaban J connectivity index is 1.72. The second-order valence-electron chi connectivity index (χ2n) is 6.49. The van der Waals surface area contributed by atoms with Gasteiger partial charge in [0.15, 0.2) is 0 Å². The van der Waals surface area contributed by atoms with E-state index in [4.69, 9.17) is 10.2 Å². The first-order chi connectivity index (χ1) is 11.0. The van der Waals surface area contributed by atoms with E-state index in [1.807, 2.05) is 12.5 Å². The third kappa shape index (κ3) is 5.67. The first-order valence-corrected chi connectivity index (χ1v) is 8.11. The van der Waals surface area contributed by atoms with Crippen molar-refractivity contribution in [3.63, 3.8) is 0 Å². The zero-order chi connectivity index (χ0) is 16.7. The smallest absolute Gasteiger partial charge is 0.303 e. The molecule has 0 aliphatic carbocycles. The van der Waals surface area contributed by atoms with Crippen LogP contribution in [0.15, 0.2) is 18.7 Å². The predicted molar refractivity (Wildman–Crippen MR) is 84.1 cm³/mol. The number of carbonyl (C=O) groups is 2. The molecule has 1 aromatic heterocycles. The van der Waals surface area contributed by atoms with Gasteiger partial charge in [-0.3, -0.25) is 9.59 Å². The van der Waals surface area contributed by atoms with Gasteiger partial charge in [-0.25, -0.2) is 4.98 Å². The minimum Gasteiger partial charge on any atom is -0.481 e. The minimum atomic E-state index is -0.903. The molecule has 2 heterocycles. The van der Waals surface area contributed by atoms with E-state index in [-0.39, 0.29) is 12.8 Å². The summed E-state index contributed by atoms with van der Waals surface area (Å²) >= 11 is 0. The van der Waals surface area contributed by atoms with Gasteiger partial charge in [0.25, 0.3) is 0 Å². The first kappa shape index (κ1) is 17.5. The molecule has 0 atom stereocenters. The Labute approximate surface area is 135 Å². The van der Waals surface area contributed by atoms with E-state index in [1.165, 1.54) is 0 Å². The molecule has 1 saturated heterocycles. The number of aromatic nitrogens is 2. The zero-order valence-electron chi connectivity index (χ0n) is 13.4. The fourth-order valence-corrected chi connectivity index (χ4v) is 3.36. The second kappa shape index (κ2) is 8.10. The molecular formula is C16H25N3O4. The highest BCUT2D eigenvalue weighted by Crippen LogP contribution is 2.38. The van der Waals surface area contributed by atoms with Gasteiger partial charge in [-0.05, 0) is 50.7 Å². The standard InChI is InChI=1S/C16H25N3O4/c20-14(21)11-16(12-15(22)23)3-8-18(9-4-16)6-1-2-7-19-10-5-17-13-19/h5,10,13H,1-4,6-9,11-12H2,(H,20,21)(H,22,23). The highest BCUT2D eigenvalue weighted by atomic mass is 16.4. The van der Waals surface area contributed by atoms with Gasteiger partial charge in [0.2, 0.25) is 0 Å². The second-order valence-corrected chi connectivity index (χ2v) is 6.49. The molecule has 7 heteroatoms. The topological polar surface area (TPSA) is 95.7 Å². The van der Waals surface area contributed by atoms with Gasteiger partial charge in [-0.15, -0.1) is 0 Å². The molecule has 0 unspecified atom stereocenters. The maximum Gasteiger partial charge on any atom is 0.303 e. The number of hydrogen-bond acceptors (Lipinski definition) is 4. The summed E-state index contributed by atoms with van der Waals surface area (Å²) in [4.78, 5) is 28.4. The van der Waals surface area contributed by atoms with Crippen LogP contribution in [0.2, 0.25) is 0 Å². The number of rotatable bonds is 9. The van der Waals surface area contributed by atoms with Crippen molar-refractivity contribution in [1.29, 1.82) is 0 Å². The van der Waals surface area contributed by atoms with Crippen molar-refractivity contribution < 1.29 is 19.8 Å². The molecule has 0 aromatic carbocycles. The van der Waals surface area contributed by atoms with Gasteiger partial charge in [-0.1, -0.05) is 0 Å². The number of hydrogen-bond donors (Lipinski definition) is 2. The Bertz CT molecular complexity index is 489. The van der Waals surface area contributed by atoms with E-state index in [0.29, 0.717) is 12.8 Å². The Morgan fingerprint density at radius 3 is 2.17 bits per heavy atom. The van der Waals surface area contributed by atoms with Crippen LogP contribution in [-0.4, -0.2) is 56.2 Å². The molecule has 0 radical (unpaired) electrons. The summed E-state index contributed by atoms with van der Waals surface area (Å²) in [6.45, 7) is 3.50. The first-order valence-electron chi connectivity index (χ1n) is 8.11. The van der Waals surface area contributed by atoms with Crippen molar-refractivity contribution >= 4 is 11.9 Å². The maximum absolute atomic E-state index is 11.0. The lowest BCUT2D eigenvalue weighted by Gasteiger charge is -2.40. The number of imidazole rings is 1. The van der Waals surface area contributed by atoms with Crippen LogP contribution in [0.3, 0.4) is 0 Å². The summed E-state index contributed by atoms with van der Waals surface area (Å²) in [5.41, 5.74) is -0.578. The monoisotopic (exact) mass is 323 g/mol. The maximum atomic E-state index is 11.0. The minimum absolute atomic E-state index is 0.0478. The number of nitrogens with zero attached hydrogens (tertiary/aromatic N) is 3. The van der Waals surface area contributed by atoms with E-state index in [1.54, 1.807) is 6.20 Å². The molecule has 0 amide bonds. The number of unbranched alkanes of at least 4 members (excludes halogenated alkanes) is 1. The molecule has 0 saturated carbocycles. The van der Waals surface area contributed by atoms with Crippen LogP contribution in [0.1, 0.15) is 38.5 Å². The lowest BCUT2D eigenvalue weighted by Crippen LogP contribution is -2.42. The summed E-state index contributed by atoms with van der Waals surface area (Å²) in [7, 11) is 0. The lowest BCUT2D eigenvalue weighted by molar-refractivity contribution is -0.145. The van der Waals surface area contributed by atoms with Crippen LogP contribution in [-0.2, 0) is 16.1 Å². The van der Waals surface area contributed by atoms with Crippen molar-refractivity contribution in [2.45, 2.75) is 45.1 Å². The number of likely N-dealkylation sites (tertiary alicyclic amines) is 1. The Morgan fingerprint density at radius 2 is 1.65 bits per heavy atom. The SMILES string of the molecule is O=C(O)CC1(CC(=O)O)CCN(CCCCn2ccnc2)CC1. The van der Waals surface area contributed by atoms with Crippen molar-refractivity contribution in [3.05, 3.63) is 18.7 Å². The summed E-state index contributed by atoms with van der Waals surface area (Å²) in [6.07, 6.45) is 8.88. The number of carboxylic acid groups (broad SMARTS) is 2. The fraction of sp³-hybridized carbons (Fsp3) is 0.688. The largest absolute Gasteiger partial charge is 0.481 e. The fourth-order valence-electron chi connectivity index (χ4n) is 3.36. The average molecular weight is 323 g/mol. The Hall–Kier alpha value is -1.89. The molecule has 1 fully saturated rings. The summed E-state index contributed by atoms with van der Waals surface area (Å²) in [5, 5.41) is 18.1. The van der Waals surface area contributed by atoms with E-state index >= 15 is 0 Å². The van der Waals surface area contributed by atoms with Gasteiger partial charge >= 0.3 is 11.9 Å². The predicted octanol–water partition coefficient (Wildman–Crippen LogP) is 1.69. The van der Waals surface area contributed by atoms with Gasteiger partial charge in [0, 0.05) is 18.9 Å². The van der Waals surface area contributed by atoms with E-state index < -0.39 is 17.4 Å².